The van der Waals surface area contributed by atoms with Crippen LogP contribution in [0.5, 0.6) is 5.75 Å². The lowest BCUT2D eigenvalue weighted by Gasteiger charge is -2.18. The monoisotopic (exact) mass is 324 g/mol. The van der Waals surface area contributed by atoms with Crippen LogP contribution in [0.4, 0.5) is 4.39 Å². The van der Waals surface area contributed by atoms with E-state index in [0.717, 1.165) is 0 Å². The summed E-state index contributed by atoms with van der Waals surface area (Å²) in [5.74, 6) is 0.199. The van der Waals surface area contributed by atoms with Crippen LogP contribution in [0.15, 0.2) is 29.3 Å². The van der Waals surface area contributed by atoms with Crippen molar-refractivity contribution in [3.63, 3.8) is 0 Å². The second-order valence-corrected chi connectivity index (χ2v) is 4.89. The van der Waals surface area contributed by atoms with E-state index in [-0.39, 0.29) is 24.3 Å². The van der Waals surface area contributed by atoms with Gasteiger partial charge in [-0.3, -0.25) is 4.79 Å². The van der Waals surface area contributed by atoms with Gasteiger partial charge in [-0.2, -0.15) is 0 Å². The lowest BCUT2D eigenvalue weighted by Crippen LogP contribution is -2.42. The van der Waals surface area contributed by atoms with Crippen LogP contribution in [0.1, 0.15) is 20.8 Å². The van der Waals surface area contributed by atoms with Crippen LogP contribution < -0.4 is 20.7 Å². The number of ether oxygens (including phenoxy) is 1. The quantitative estimate of drug-likeness (QED) is 0.497. The molecule has 0 fully saturated rings. The number of hydrogen-bond acceptors (Lipinski definition) is 3. The standard InChI is InChI=1S/C16H25FN4O2/c1-4-18-15(22)11-21-16(19-5-2)20-10-12(3)23-14-9-7-6-8-13(14)17/h6-9,12H,4-5,10-11H2,1-3H3,(H,18,22)(H2,19,20,21). The highest BCUT2D eigenvalue weighted by molar-refractivity contribution is 5.84. The maximum atomic E-state index is 13.5. The predicted octanol–water partition coefficient (Wildman–Crippen LogP) is 1.28. The highest BCUT2D eigenvalue weighted by atomic mass is 19.1. The summed E-state index contributed by atoms with van der Waals surface area (Å²) in [6.45, 7) is 7.33. The van der Waals surface area contributed by atoms with E-state index in [4.69, 9.17) is 4.74 Å². The average molecular weight is 324 g/mol. The third kappa shape index (κ3) is 7.49. The molecule has 0 spiro atoms. The molecule has 1 aromatic carbocycles. The Morgan fingerprint density at radius 1 is 1.22 bits per heavy atom. The van der Waals surface area contributed by atoms with Crippen molar-refractivity contribution in [2.45, 2.75) is 26.9 Å². The first-order valence-electron chi connectivity index (χ1n) is 7.76. The summed E-state index contributed by atoms with van der Waals surface area (Å²) < 4.78 is 19.1. The molecule has 0 aromatic heterocycles. The minimum atomic E-state index is -0.392. The second kappa shape index (κ2) is 10.4. The van der Waals surface area contributed by atoms with Crippen molar-refractivity contribution in [1.29, 1.82) is 0 Å². The third-order valence-corrected chi connectivity index (χ3v) is 2.82. The molecule has 0 saturated carbocycles. The summed E-state index contributed by atoms with van der Waals surface area (Å²) >= 11 is 0. The number of nitrogens with one attached hydrogen (secondary N) is 3. The Bertz CT molecular complexity index is 523. The van der Waals surface area contributed by atoms with Gasteiger partial charge in [0.05, 0.1) is 6.54 Å². The summed E-state index contributed by atoms with van der Waals surface area (Å²) in [4.78, 5) is 15.6. The number of likely N-dealkylation sites (N-methyl/N-ethyl adjacent to an activating group) is 1. The molecule has 6 nitrogen and oxygen atoms in total. The van der Waals surface area contributed by atoms with E-state index in [1.807, 2.05) is 20.8 Å². The normalized spacial score (nSPS) is 12.4. The number of halogens is 1. The zero-order chi connectivity index (χ0) is 17.1. The predicted molar refractivity (Wildman–Crippen MR) is 89.2 cm³/mol. The van der Waals surface area contributed by atoms with E-state index < -0.39 is 5.82 Å². The van der Waals surface area contributed by atoms with Crippen LogP contribution in [0.25, 0.3) is 0 Å². The largest absolute Gasteiger partial charge is 0.486 e. The number of rotatable bonds is 8. The number of nitrogens with zero attached hydrogens (tertiary/aromatic N) is 1. The number of guanidine groups is 1. The zero-order valence-electron chi connectivity index (χ0n) is 13.9. The Morgan fingerprint density at radius 3 is 2.57 bits per heavy atom. The fraction of sp³-hybridized carbons (Fsp3) is 0.500. The maximum Gasteiger partial charge on any atom is 0.241 e. The first kappa shape index (κ1) is 18.7. The maximum absolute atomic E-state index is 13.5. The Morgan fingerprint density at radius 2 is 1.91 bits per heavy atom. The van der Waals surface area contributed by atoms with Gasteiger partial charge < -0.3 is 20.7 Å². The summed E-state index contributed by atoms with van der Waals surface area (Å²) in [7, 11) is 0. The first-order valence-corrected chi connectivity index (χ1v) is 7.76. The molecule has 0 saturated heterocycles. The van der Waals surface area contributed by atoms with Gasteiger partial charge in [0.15, 0.2) is 17.5 Å². The number of carbonyl (C=O) groups is 1. The number of benzene rings is 1. The minimum Gasteiger partial charge on any atom is -0.486 e. The zero-order valence-corrected chi connectivity index (χ0v) is 13.9. The summed E-state index contributed by atoms with van der Waals surface area (Å²) in [6, 6.07) is 6.27. The molecule has 0 aliphatic carbocycles. The van der Waals surface area contributed by atoms with Crippen molar-refractivity contribution in [2.24, 2.45) is 4.99 Å². The molecule has 0 aliphatic rings. The van der Waals surface area contributed by atoms with Crippen LogP contribution >= 0.6 is 0 Å². The highest BCUT2D eigenvalue weighted by Gasteiger charge is 2.09. The Labute approximate surface area is 136 Å². The number of para-hydroxylation sites is 1. The van der Waals surface area contributed by atoms with Gasteiger partial charge in [0, 0.05) is 13.1 Å². The van der Waals surface area contributed by atoms with Gasteiger partial charge in [0.1, 0.15) is 12.6 Å². The van der Waals surface area contributed by atoms with Crippen LogP contribution in [-0.2, 0) is 4.79 Å². The minimum absolute atomic E-state index is 0.0473. The molecule has 23 heavy (non-hydrogen) atoms. The van der Waals surface area contributed by atoms with Crippen molar-refractivity contribution in [2.75, 3.05) is 26.2 Å². The van der Waals surface area contributed by atoms with Gasteiger partial charge in [-0.05, 0) is 32.9 Å². The molecule has 128 valence electrons. The number of carbonyl (C=O) groups excluding carboxylic acids is 1. The summed E-state index contributed by atoms with van der Waals surface area (Å²) in [5, 5.41) is 8.79. The van der Waals surface area contributed by atoms with E-state index >= 15 is 0 Å². The lowest BCUT2D eigenvalue weighted by atomic mass is 10.3. The molecule has 1 unspecified atom stereocenters. The average Bonchev–Trinajstić information content (AvgIpc) is 2.52. The van der Waals surface area contributed by atoms with Crippen LogP contribution in [0, 0.1) is 5.82 Å². The lowest BCUT2D eigenvalue weighted by molar-refractivity contribution is -0.119. The molecule has 1 rings (SSSR count). The van der Waals surface area contributed by atoms with E-state index in [9.17, 15) is 9.18 Å². The van der Waals surface area contributed by atoms with E-state index in [0.29, 0.717) is 25.6 Å². The van der Waals surface area contributed by atoms with Crippen LogP contribution in [-0.4, -0.2) is 44.1 Å². The fourth-order valence-electron chi connectivity index (χ4n) is 1.78. The molecule has 0 heterocycles. The molecule has 3 N–H and O–H groups in total. The van der Waals surface area contributed by atoms with Crippen LogP contribution in [0.3, 0.4) is 0 Å². The highest BCUT2D eigenvalue weighted by Crippen LogP contribution is 2.16. The van der Waals surface area contributed by atoms with E-state index in [1.54, 1.807) is 18.2 Å². The van der Waals surface area contributed by atoms with Gasteiger partial charge in [0.25, 0.3) is 0 Å². The Hall–Kier alpha value is -2.31. The van der Waals surface area contributed by atoms with Crippen molar-refractivity contribution in [3.8, 4) is 5.75 Å². The number of aliphatic imine (C=N–C) groups is 1. The van der Waals surface area contributed by atoms with Crippen molar-refractivity contribution in [3.05, 3.63) is 30.1 Å². The molecule has 0 radical (unpaired) electrons. The van der Waals surface area contributed by atoms with Crippen molar-refractivity contribution >= 4 is 11.9 Å². The van der Waals surface area contributed by atoms with Crippen molar-refractivity contribution < 1.29 is 13.9 Å². The van der Waals surface area contributed by atoms with Gasteiger partial charge in [-0.1, -0.05) is 12.1 Å². The summed E-state index contributed by atoms with van der Waals surface area (Å²) in [5.41, 5.74) is 0. The van der Waals surface area contributed by atoms with E-state index in [1.165, 1.54) is 6.07 Å². The molecule has 1 atom stereocenters. The van der Waals surface area contributed by atoms with Gasteiger partial charge in [-0.15, -0.1) is 0 Å². The fourth-order valence-corrected chi connectivity index (χ4v) is 1.78. The van der Waals surface area contributed by atoms with Gasteiger partial charge in [-0.25, -0.2) is 9.38 Å². The van der Waals surface area contributed by atoms with Gasteiger partial charge >= 0.3 is 0 Å². The van der Waals surface area contributed by atoms with E-state index in [2.05, 4.69) is 20.9 Å². The van der Waals surface area contributed by atoms with Gasteiger partial charge in [0.2, 0.25) is 5.91 Å². The molecule has 0 aliphatic heterocycles. The molecule has 7 heteroatoms. The molecule has 1 amide bonds. The Balaban J connectivity index is 2.49. The smallest absolute Gasteiger partial charge is 0.241 e. The number of amides is 1. The Kier molecular flexibility index (Phi) is 8.49. The molecular weight excluding hydrogens is 299 g/mol. The topological polar surface area (TPSA) is 74.8 Å². The van der Waals surface area contributed by atoms with Crippen molar-refractivity contribution in [1.82, 2.24) is 16.0 Å². The molecule has 0 bridgehead atoms. The SMILES string of the molecule is CCNC(=O)CN=C(NCC)NCC(C)Oc1ccccc1F. The molecular formula is C16H25FN4O2. The second-order valence-electron chi connectivity index (χ2n) is 4.89. The third-order valence-electron chi connectivity index (χ3n) is 2.82. The summed E-state index contributed by atoms with van der Waals surface area (Å²) in [6.07, 6.45) is -0.264. The van der Waals surface area contributed by atoms with Crippen LogP contribution in [0.2, 0.25) is 0 Å². The molecule has 1 aromatic rings. The first-order chi connectivity index (χ1) is 11.1. The number of hydrogen-bond donors (Lipinski definition) is 3.